The van der Waals surface area contributed by atoms with Gasteiger partial charge in [0.2, 0.25) is 5.75 Å². The van der Waals surface area contributed by atoms with Crippen molar-refractivity contribution in [2.45, 2.75) is 25.7 Å². The number of benzene rings is 4. The highest BCUT2D eigenvalue weighted by molar-refractivity contribution is 6.30. The van der Waals surface area contributed by atoms with E-state index in [1.807, 2.05) is 48.5 Å². The summed E-state index contributed by atoms with van der Waals surface area (Å²) in [5.74, 6) is 0.340. The largest absolute Gasteiger partial charge is 0.493 e. The number of ether oxygens (including phenoxy) is 4. The predicted octanol–water partition coefficient (Wildman–Crippen LogP) is 8.42. The van der Waals surface area contributed by atoms with Crippen LogP contribution in [-0.2, 0) is 11.2 Å². The molecule has 7 nitrogen and oxygen atoms in total. The SMILES string of the molecule is COc1cc(/C=C/C(=O)c2ccccc2OCCCC(CCc2ccc(-c3ccc(Cl)cc3)cc2)C(=O)O)cc(OC)c1OC. The fourth-order valence-corrected chi connectivity index (χ4v) is 5.13. The van der Waals surface area contributed by atoms with Crippen molar-refractivity contribution in [2.24, 2.45) is 5.92 Å². The van der Waals surface area contributed by atoms with Gasteiger partial charge in [-0.05, 0) is 90.4 Å². The van der Waals surface area contributed by atoms with Crippen LogP contribution >= 0.6 is 11.6 Å². The molecule has 1 N–H and O–H groups in total. The van der Waals surface area contributed by atoms with Crippen LogP contribution in [0.3, 0.4) is 0 Å². The second-order valence-electron chi connectivity index (χ2n) is 10.4. The van der Waals surface area contributed by atoms with Crippen LogP contribution < -0.4 is 18.9 Å². The van der Waals surface area contributed by atoms with Gasteiger partial charge in [0.05, 0.1) is 39.4 Å². The molecule has 0 radical (unpaired) electrons. The van der Waals surface area contributed by atoms with E-state index in [1.165, 1.54) is 27.4 Å². The number of carbonyl (C=O) groups excluding carboxylic acids is 1. The molecule has 0 fully saturated rings. The first-order chi connectivity index (χ1) is 21.8. The van der Waals surface area contributed by atoms with Crippen LogP contribution in [0.1, 0.15) is 40.7 Å². The number of carboxylic acid groups (broad SMARTS) is 1. The van der Waals surface area contributed by atoms with Gasteiger partial charge in [-0.15, -0.1) is 0 Å². The van der Waals surface area contributed by atoms with Gasteiger partial charge in [0.1, 0.15) is 5.75 Å². The molecule has 45 heavy (non-hydrogen) atoms. The van der Waals surface area contributed by atoms with Crippen molar-refractivity contribution in [3.63, 3.8) is 0 Å². The Kier molecular flexibility index (Phi) is 12.0. The summed E-state index contributed by atoms with van der Waals surface area (Å²) in [6, 6.07) is 26.4. The minimum absolute atomic E-state index is 0.232. The summed E-state index contributed by atoms with van der Waals surface area (Å²) in [5, 5.41) is 10.5. The summed E-state index contributed by atoms with van der Waals surface area (Å²) in [5.41, 5.74) is 4.36. The number of para-hydroxylation sites is 1. The van der Waals surface area contributed by atoms with Crippen LogP contribution in [0.2, 0.25) is 5.02 Å². The molecule has 1 atom stereocenters. The van der Waals surface area contributed by atoms with Gasteiger partial charge in [0, 0.05) is 5.02 Å². The lowest BCUT2D eigenvalue weighted by Crippen LogP contribution is -2.16. The van der Waals surface area contributed by atoms with Crippen molar-refractivity contribution in [3.8, 4) is 34.1 Å². The molecule has 1 unspecified atom stereocenters. The molecule has 0 aromatic heterocycles. The number of ketones is 1. The average Bonchev–Trinajstić information content (AvgIpc) is 3.06. The maximum atomic E-state index is 13.1. The lowest BCUT2D eigenvalue weighted by molar-refractivity contribution is -0.142. The number of carbonyl (C=O) groups is 2. The lowest BCUT2D eigenvalue weighted by Gasteiger charge is -2.14. The van der Waals surface area contributed by atoms with Crippen LogP contribution in [0.4, 0.5) is 0 Å². The van der Waals surface area contributed by atoms with E-state index in [-0.39, 0.29) is 5.78 Å². The summed E-state index contributed by atoms with van der Waals surface area (Å²) < 4.78 is 22.1. The van der Waals surface area contributed by atoms with Crippen LogP contribution in [0.15, 0.2) is 91.0 Å². The Hall–Kier alpha value is -4.75. The summed E-state index contributed by atoms with van der Waals surface area (Å²) >= 11 is 5.99. The number of rotatable bonds is 16. The van der Waals surface area contributed by atoms with E-state index in [4.69, 9.17) is 30.5 Å². The average molecular weight is 629 g/mol. The van der Waals surface area contributed by atoms with Crippen molar-refractivity contribution in [3.05, 3.63) is 113 Å². The van der Waals surface area contributed by atoms with Crippen molar-refractivity contribution < 1.29 is 33.6 Å². The fourth-order valence-electron chi connectivity index (χ4n) is 5.01. The van der Waals surface area contributed by atoms with E-state index in [1.54, 1.807) is 42.5 Å². The van der Waals surface area contributed by atoms with Gasteiger partial charge >= 0.3 is 5.97 Å². The zero-order valence-electron chi connectivity index (χ0n) is 25.6. The van der Waals surface area contributed by atoms with Crippen LogP contribution in [0, 0.1) is 5.92 Å². The number of halogens is 1. The second kappa shape index (κ2) is 16.4. The molecule has 4 rings (SSSR count). The van der Waals surface area contributed by atoms with E-state index in [9.17, 15) is 14.7 Å². The number of allylic oxidation sites excluding steroid dienone is 1. The highest BCUT2D eigenvalue weighted by atomic mass is 35.5. The van der Waals surface area contributed by atoms with Gasteiger partial charge < -0.3 is 24.1 Å². The monoisotopic (exact) mass is 628 g/mol. The minimum atomic E-state index is -0.819. The third-order valence-corrected chi connectivity index (χ3v) is 7.74. The number of hydrogen-bond donors (Lipinski definition) is 1. The highest BCUT2D eigenvalue weighted by Gasteiger charge is 2.18. The first-order valence-electron chi connectivity index (χ1n) is 14.6. The number of aliphatic carboxylic acids is 1. The Labute approximate surface area is 269 Å². The van der Waals surface area contributed by atoms with Crippen molar-refractivity contribution in [2.75, 3.05) is 27.9 Å². The Balaban J connectivity index is 1.31. The number of carboxylic acids is 1. The van der Waals surface area contributed by atoms with E-state index < -0.39 is 11.9 Å². The normalized spacial score (nSPS) is 11.6. The Morgan fingerprint density at radius 3 is 2.02 bits per heavy atom. The fraction of sp³-hybridized carbons (Fsp3) is 0.243. The molecule has 0 aliphatic carbocycles. The molecule has 0 amide bonds. The molecule has 0 aliphatic rings. The van der Waals surface area contributed by atoms with E-state index in [0.717, 1.165) is 16.7 Å². The molecule has 0 bridgehead atoms. The van der Waals surface area contributed by atoms with E-state index in [0.29, 0.717) is 71.4 Å². The third kappa shape index (κ3) is 9.13. The summed E-state index contributed by atoms with van der Waals surface area (Å²) in [6.07, 6.45) is 5.33. The van der Waals surface area contributed by atoms with Crippen molar-refractivity contribution in [1.29, 1.82) is 0 Å². The lowest BCUT2D eigenvalue weighted by atomic mass is 9.94. The van der Waals surface area contributed by atoms with E-state index >= 15 is 0 Å². The predicted molar refractivity (Wildman–Crippen MR) is 177 cm³/mol. The second-order valence-corrected chi connectivity index (χ2v) is 10.9. The first kappa shape index (κ1) is 33.1. The van der Waals surface area contributed by atoms with Gasteiger partial charge in [-0.2, -0.15) is 0 Å². The van der Waals surface area contributed by atoms with E-state index in [2.05, 4.69) is 0 Å². The van der Waals surface area contributed by atoms with Crippen molar-refractivity contribution >= 4 is 29.4 Å². The molecule has 4 aromatic carbocycles. The molecule has 0 spiro atoms. The maximum Gasteiger partial charge on any atom is 0.306 e. The van der Waals surface area contributed by atoms with Gasteiger partial charge in [0.15, 0.2) is 17.3 Å². The number of aryl methyl sites for hydroxylation is 1. The van der Waals surface area contributed by atoms with Crippen LogP contribution in [-0.4, -0.2) is 44.8 Å². The Morgan fingerprint density at radius 2 is 1.42 bits per heavy atom. The Bertz CT molecular complexity index is 1590. The zero-order valence-corrected chi connectivity index (χ0v) is 26.4. The summed E-state index contributed by atoms with van der Waals surface area (Å²) in [4.78, 5) is 25.1. The molecule has 8 heteroatoms. The molecular weight excluding hydrogens is 592 g/mol. The molecule has 0 heterocycles. The van der Waals surface area contributed by atoms with Gasteiger partial charge in [-0.1, -0.05) is 66.2 Å². The topological polar surface area (TPSA) is 91.3 Å². The number of methoxy groups -OCH3 is 3. The molecule has 0 saturated heterocycles. The standard InChI is InChI=1S/C37H37ClO7/c1-42-34-23-26(24-35(43-2)36(34)44-3)13-21-32(39)31-8-4-5-9-33(31)45-22-6-7-29(37(40)41)16-12-25-10-14-27(15-11-25)28-17-19-30(38)20-18-28/h4-5,8-11,13-15,17-21,23-24,29H,6-7,12,16,22H2,1-3H3,(H,40,41)/b21-13+. The smallest absolute Gasteiger partial charge is 0.306 e. The van der Waals surface area contributed by atoms with Crippen LogP contribution in [0.5, 0.6) is 23.0 Å². The number of hydrogen-bond acceptors (Lipinski definition) is 6. The highest BCUT2D eigenvalue weighted by Crippen LogP contribution is 2.38. The molecule has 234 valence electrons. The van der Waals surface area contributed by atoms with Gasteiger partial charge in [0.25, 0.3) is 0 Å². The maximum absolute atomic E-state index is 13.1. The summed E-state index contributed by atoms with van der Waals surface area (Å²) in [7, 11) is 4.59. The summed E-state index contributed by atoms with van der Waals surface area (Å²) in [6.45, 7) is 0.292. The Morgan fingerprint density at radius 1 is 0.800 bits per heavy atom. The first-order valence-corrected chi connectivity index (χ1v) is 15.0. The third-order valence-electron chi connectivity index (χ3n) is 7.48. The van der Waals surface area contributed by atoms with Crippen molar-refractivity contribution in [1.82, 2.24) is 0 Å². The zero-order chi connectivity index (χ0) is 32.2. The molecule has 0 saturated carbocycles. The van der Waals surface area contributed by atoms with Crippen LogP contribution in [0.25, 0.3) is 17.2 Å². The van der Waals surface area contributed by atoms with Gasteiger partial charge in [-0.3, -0.25) is 9.59 Å². The minimum Gasteiger partial charge on any atom is -0.493 e. The molecular formula is C37H37ClO7. The molecule has 0 aliphatic heterocycles. The molecule has 4 aromatic rings. The van der Waals surface area contributed by atoms with Gasteiger partial charge in [-0.25, -0.2) is 0 Å². The quantitative estimate of drug-likeness (QED) is 0.0756.